The van der Waals surface area contributed by atoms with E-state index in [0.717, 1.165) is 6.42 Å². The monoisotopic (exact) mass is 290 g/mol. The molecule has 0 unspecified atom stereocenters. The highest BCUT2D eigenvalue weighted by Gasteiger charge is 2.35. The number of carbonyl (C=O) groups is 1. The fourth-order valence-corrected chi connectivity index (χ4v) is 2.32. The number of ether oxygens (including phenoxy) is 3. The van der Waals surface area contributed by atoms with E-state index in [1.165, 1.54) is 0 Å². The van der Waals surface area contributed by atoms with Crippen molar-refractivity contribution in [3.05, 3.63) is 0 Å². The maximum atomic E-state index is 10.8. The Hall–Kier alpha value is -0.690. The summed E-state index contributed by atoms with van der Waals surface area (Å²) in [5, 5.41) is 19.2. The Morgan fingerprint density at radius 2 is 1.80 bits per heavy atom. The molecular weight excluding hydrogens is 264 g/mol. The molecule has 6 nitrogen and oxygen atoms in total. The van der Waals surface area contributed by atoms with E-state index < -0.39 is 11.6 Å². The number of aliphatic hydroxyl groups is 1. The SMILES string of the molecule is COCCOCCCOCC1(O)CCC(C(=O)O)CC1. The van der Waals surface area contributed by atoms with Crippen LogP contribution >= 0.6 is 0 Å². The summed E-state index contributed by atoms with van der Waals surface area (Å²) in [4.78, 5) is 10.8. The first-order valence-electron chi connectivity index (χ1n) is 7.17. The van der Waals surface area contributed by atoms with Gasteiger partial charge in [-0.15, -0.1) is 0 Å². The van der Waals surface area contributed by atoms with Crippen LogP contribution in [-0.2, 0) is 19.0 Å². The number of carboxylic acid groups (broad SMARTS) is 1. The molecule has 0 aromatic carbocycles. The molecule has 0 aromatic rings. The Morgan fingerprint density at radius 1 is 1.15 bits per heavy atom. The van der Waals surface area contributed by atoms with E-state index in [1.54, 1.807) is 7.11 Å². The number of carboxylic acids is 1. The molecule has 1 aliphatic rings. The summed E-state index contributed by atoms with van der Waals surface area (Å²) in [6, 6.07) is 0. The largest absolute Gasteiger partial charge is 0.481 e. The molecule has 1 fully saturated rings. The zero-order valence-corrected chi connectivity index (χ0v) is 12.2. The van der Waals surface area contributed by atoms with E-state index in [4.69, 9.17) is 19.3 Å². The summed E-state index contributed by atoms with van der Waals surface area (Å²) in [5.74, 6) is -1.08. The molecule has 0 aliphatic heterocycles. The van der Waals surface area contributed by atoms with E-state index >= 15 is 0 Å². The van der Waals surface area contributed by atoms with E-state index in [-0.39, 0.29) is 12.5 Å². The number of hydrogen-bond donors (Lipinski definition) is 2. The third-order valence-electron chi connectivity index (χ3n) is 3.65. The highest BCUT2D eigenvalue weighted by atomic mass is 16.5. The van der Waals surface area contributed by atoms with Gasteiger partial charge in [-0.3, -0.25) is 4.79 Å². The summed E-state index contributed by atoms with van der Waals surface area (Å²) in [6.45, 7) is 2.60. The van der Waals surface area contributed by atoms with Crippen LogP contribution in [-0.4, -0.2) is 61.9 Å². The number of methoxy groups -OCH3 is 1. The zero-order chi connectivity index (χ0) is 14.8. The zero-order valence-electron chi connectivity index (χ0n) is 12.2. The molecule has 0 radical (unpaired) electrons. The normalized spacial score (nSPS) is 26.6. The lowest BCUT2D eigenvalue weighted by atomic mass is 9.79. The minimum atomic E-state index is -0.858. The Bertz CT molecular complexity index is 273. The van der Waals surface area contributed by atoms with E-state index in [9.17, 15) is 9.90 Å². The van der Waals surface area contributed by atoms with Crippen molar-refractivity contribution in [2.45, 2.75) is 37.7 Å². The quantitative estimate of drug-likeness (QED) is 0.585. The number of rotatable bonds is 10. The molecule has 2 N–H and O–H groups in total. The van der Waals surface area contributed by atoms with Crippen LogP contribution in [0.3, 0.4) is 0 Å². The third-order valence-corrected chi connectivity index (χ3v) is 3.65. The summed E-state index contributed by atoms with van der Waals surface area (Å²) < 4.78 is 15.6. The fourth-order valence-electron chi connectivity index (χ4n) is 2.32. The third kappa shape index (κ3) is 6.65. The second kappa shape index (κ2) is 9.28. The van der Waals surface area contributed by atoms with Crippen molar-refractivity contribution in [2.24, 2.45) is 5.92 Å². The predicted octanol–water partition coefficient (Wildman–Crippen LogP) is 1.06. The molecular formula is C14H26O6. The fraction of sp³-hybridized carbons (Fsp3) is 0.929. The summed E-state index contributed by atoms with van der Waals surface area (Å²) >= 11 is 0. The van der Waals surface area contributed by atoms with Crippen molar-refractivity contribution < 1.29 is 29.2 Å². The number of hydrogen-bond acceptors (Lipinski definition) is 5. The summed E-state index contributed by atoms with van der Waals surface area (Å²) in [7, 11) is 1.63. The molecule has 118 valence electrons. The van der Waals surface area contributed by atoms with Gasteiger partial charge in [0.25, 0.3) is 0 Å². The lowest BCUT2D eigenvalue weighted by molar-refractivity contribution is -0.146. The topological polar surface area (TPSA) is 85.2 Å². The van der Waals surface area contributed by atoms with Gasteiger partial charge in [-0.05, 0) is 32.1 Å². The molecule has 0 aromatic heterocycles. The van der Waals surface area contributed by atoms with Gasteiger partial charge in [-0.25, -0.2) is 0 Å². The average Bonchev–Trinajstić information content (AvgIpc) is 2.42. The first-order valence-corrected chi connectivity index (χ1v) is 7.17. The standard InChI is InChI=1S/C14H26O6/c1-18-9-10-19-7-2-8-20-11-14(17)5-3-12(4-6-14)13(15)16/h12,17H,2-11H2,1H3,(H,15,16). The van der Waals surface area contributed by atoms with Crippen LogP contribution in [0.5, 0.6) is 0 Å². The highest BCUT2D eigenvalue weighted by molar-refractivity contribution is 5.70. The Morgan fingerprint density at radius 3 is 2.40 bits per heavy atom. The van der Waals surface area contributed by atoms with Crippen LogP contribution in [0, 0.1) is 5.92 Å². The van der Waals surface area contributed by atoms with Crippen LogP contribution in [0.4, 0.5) is 0 Å². The first-order chi connectivity index (χ1) is 9.57. The molecule has 1 aliphatic carbocycles. The lowest BCUT2D eigenvalue weighted by Gasteiger charge is -2.34. The Kier molecular flexibility index (Phi) is 8.06. The average molecular weight is 290 g/mol. The maximum absolute atomic E-state index is 10.8. The lowest BCUT2D eigenvalue weighted by Crippen LogP contribution is -2.40. The maximum Gasteiger partial charge on any atom is 0.306 e. The van der Waals surface area contributed by atoms with Crippen molar-refractivity contribution in [1.82, 2.24) is 0 Å². The van der Waals surface area contributed by atoms with Gasteiger partial charge in [0.1, 0.15) is 0 Å². The molecule has 0 amide bonds. The Labute approximate surface area is 120 Å². The molecule has 0 spiro atoms. The molecule has 0 heterocycles. The van der Waals surface area contributed by atoms with Gasteiger partial charge >= 0.3 is 5.97 Å². The second-order valence-corrected chi connectivity index (χ2v) is 5.35. The molecule has 0 atom stereocenters. The molecule has 6 heteroatoms. The van der Waals surface area contributed by atoms with Crippen molar-refractivity contribution in [2.75, 3.05) is 40.1 Å². The minimum absolute atomic E-state index is 0.275. The predicted molar refractivity (Wildman–Crippen MR) is 72.7 cm³/mol. The van der Waals surface area contributed by atoms with Crippen LogP contribution in [0.15, 0.2) is 0 Å². The van der Waals surface area contributed by atoms with Crippen molar-refractivity contribution in [3.8, 4) is 0 Å². The molecule has 0 saturated heterocycles. The van der Waals surface area contributed by atoms with Crippen LogP contribution < -0.4 is 0 Å². The van der Waals surface area contributed by atoms with Gasteiger partial charge in [0.2, 0.25) is 0 Å². The molecule has 1 rings (SSSR count). The molecule has 1 saturated carbocycles. The van der Waals surface area contributed by atoms with Crippen LogP contribution in [0.25, 0.3) is 0 Å². The van der Waals surface area contributed by atoms with E-state index in [0.29, 0.717) is 52.1 Å². The number of aliphatic carboxylic acids is 1. The molecule has 20 heavy (non-hydrogen) atoms. The van der Waals surface area contributed by atoms with Gasteiger partial charge in [0.15, 0.2) is 0 Å². The van der Waals surface area contributed by atoms with Crippen molar-refractivity contribution >= 4 is 5.97 Å². The van der Waals surface area contributed by atoms with Gasteiger partial charge < -0.3 is 24.4 Å². The first kappa shape index (κ1) is 17.4. The minimum Gasteiger partial charge on any atom is -0.481 e. The van der Waals surface area contributed by atoms with Gasteiger partial charge in [0, 0.05) is 20.3 Å². The van der Waals surface area contributed by atoms with Crippen LogP contribution in [0.2, 0.25) is 0 Å². The summed E-state index contributed by atoms with van der Waals surface area (Å²) in [5.41, 5.74) is -0.858. The van der Waals surface area contributed by atoms with E-state index in [2.05, 4.69) is 0 Å². The van der Waals surface area contributed by atoms with Gasteiger partial charge in [-0.2, -0.15) is 0 Å². The Balaban J connectivity index is 2.03. The van der Waals surface area contributed by atoms with Crippen molar-refractivity contribution in [3.63, 3.8) is 0 Å². The van der Waals surface area contributed by atoms with E-state index in [1.807, 2.05) is 0 Å². The smallest absolute Gasteiger partial charge is 0.306 e. The van der Waals surface area contributed by atoms with Gasteiger partial charge in [-0.1, -0.05) is 0 Å². The van der Waals surface area contributed by atoms with Gasteiger partial charge in [0.05, 0.1) is 31.3 Å². The second-order valence-electron chi connectivity index (χ2n) is 5.35. The van der Waals surface area contributed by atoms with Crippen LogP contribution in [0.1, 0.15) is 32.1 Å². The van der Waals surface area contributed by atoms with Crippen molar-refractivity contribution in [1.29, 1.82) is 0 Å². The molecule has 0 bridgehead atoms. The summed E-state index contributed by atoms with van der Waals surface area (Å²) in [6.07, 6.45) is 2.81. The highest BCUT2D eigenvalue weighted by Crippen LogP contribution is 2.32.